The van der Waals surface area contributed by atoms with Gasteiger partial charge in [-0.05, 0) is 18.9 Å². The molecule has 0 saturated heterocycles. The van der Waals surface area contributed by atoms with Gasteiger partial charge in [0, 0.05) is 24.9 Å². The average Bonchev–Trinajstić information content (AvgIpc) is 2.31. The minimum absolute atomic E-state index is 0.296. The first-order chi connectivity index (χ1) is 7.69. The Morgan fingerprint density at radius 2 is 2.12 bits per heavy atom. The van der Waals surface area contributed by atoms with Gasteiger partial charge in [-0.2, -0.15) is 0 Å². The largest absolute Gasteiger partial charge is 0.497 e. The van der Waals surface area contributed by atoms with Crippen molar-refractivity contribution in [3.05, 3.63) is 36.8 Å². The lowest BCUT2D eigenvalue weighted by molar-refractivity contribution is 0.299. The minimum atomic E-state index is -0.296. The van der Waals surface area contributed by atoms with Crippen LogP contribution in [0.1, 0.15) is 19.8 Å². The second-order valence-corrected chi connectivity index (χ2v) is 3.47. The van der Waals surface area contributed by atoms with Crippen molar-refractivity contribution in [2.75, 3.05) is 26.9 Å². The number of hydrogen-bond acceptors (Lipinski definition) is 2. The molecule has 0 rings (SSSR count). The van der Waals surface area contributed by atoms with E-state index in [1.165, 1.54) is 0 Å². The highest BCUT2D eigenvalue weighted by atomic mass is 19.1. The molecule has 2 nitrogen and oxygen atoms in total. The minimum Gasteiger partial charge on any atom is -0.497 e. The SMILES string of the molecule is C=C/C(=C\C(=C)OC)N(CCC)CCCF. The molecular weight excluding hydrogens is 205 g/mol. The van der Waals surface area contributed by atoms with Crippen LogP contribution < -0.4 is 0 Å². The smallest absolute Gasteiger partial charge is 0.113 e. The fourth-order valence-electron chi connectivity index (χ4n) is 1.39. The number of rotatable bonds is 9. The molecule has 0 bridgehead atoms. The molecule has 92 valence electrons. The van der Waals surface area contributed by atoms with Gasteiger partial charge in [0.1, 0.15) is 5.76 Å². The second kappa shape index (κ2) is 9.01. The van der Waals surface area contributed by atoms with Gasteiger partial charge in [-0.25, -0.2) is 0 Å². The van der Waals surface area contributed by atoms with Crippen molar-refractivity contribution in [2.24, 2.45) is 0 Å². The predicted molar refractivity (Wildman–Crippen MR) is 66.9 cm³/mol. The van der Waals surface area contributed by atoms with Crippen molar-refractivity contribution in [1.82, 2.24) is 4.90 Å². The van der Waals surface area contributed by atoms with Crippen LogP contribution in [0.5, 0.6) is 0 Å². The molecule has 0 aromatic rings. The van der Waals surface area contributed by atoms with Gasteiger partial charge in [-0.3, -0.25) is 4.39 Å². The van der Waals surface area contributed by atoms with E-state index in [4.69, 9.17) is 4.74 Å². The summed E-state index contributed by atoms with van der Waals surface area (Å²) in [5.74, 6) is 0.580. The molecule has 16 heavy (non-hydrogen) atoms. The van der Waals surface area contributed by atoms with Crippen molar-refractivity contribution in [1.29, 1.82) is 0 Å². The first-order valence-electron chi connectivity index (χ1n) is 5.57. The molecule has 0 aromatic carbocycles. The molecule has 0 spiro atoms. The van der Waals surface area contributed by atoms with Crippen molar-refractivity contribution in [2.45, 2.75) is 19.8 Å². The molecule has 0 aliphatic carbocycles. The zero-order valence-corrected chi connectivity index (χ0v) is 10.3. The Hall–Kier alpha value is -1.25. The Bertz CT molecular complexity index is 248. The summed E-state index contributed by atoms with van der Waals surface area (Å²) in [6.07, 6.45) is 5.11. The molecule has 3 heteroatoms. The Kier molecular flexibility index (Phi) is 8.31. The summed E-state index contributed by atoms with van der Waals surface area (Å²) in [6, 6.07) is 0. The van der Waals surface area contributed by atoms with E-state index in [0.29, 0.717) is 18.7 Å². The maximum absolute atomic E-state index is 12.2. The Morgan fingerprint density at radius 1 is 1.44 bits per heavy atom. The molecule has 0 N–H and O–H groups in total. The van der Waals surface area contributed by atoms with E-state index < -0.39 is 0 Å². The van der Waals surface area contributed by atoms with Gasteiger partial charge in [0.05, 0.1) is 13.8 Å². The monoisotopic (exact) mass is 227 g/mol. The van der Waals surface area contributed by atoms with Crippen molar-refractivity contribution >= 4 is 0 Å². The first-order valence-corrected chi connectivity index (χ1v) is 5.57. The van der Waals surface area contributed by atoms with Crippen molar-refractivity contribution in [3.63, 3.8) is 0 Å². The molecular formula is C13H22FNO. The van der Waals surface area contributed by atoms with E-state index in [9.17, 15) is 4.39 Å². The van der Waals surface area contributed by atoms with E-state index in [1.807, 2.05) is 6.08 Å². The molecule has 0 heterocycles. The maximum atomic E-state index is 12.2. The standard InChI is InChI=1S/C13H22FNO/c1-5-9-15(10-7-8-14)13(6-2)11-12(3)16-4/h6,11H,2-3,5,7-10H2,1,4H3/b13-11+. The van der Waals surface area contributed by atoms with Gasteiger partial charge < -0.3 is 9.64 Å². The van der Waals surface area contributed by atoms with Crippen LogP contribution in [0.4, 0.5) is 4.39 Å². The van der Waals surface area contributed by atoms with Crippen LogP contribution in [0.2, 0.25) is 0 Å². The van der Waals surface area contributed by atoms with Crippen LogP contribution in [0.15, 0.2) is 36.8 Å². The van der Waals surface area contributed by atoms with Crippen LogP contribution in [0.3, 0.4) is 0 Å². The Labute approximate surface area is 98.1 Å². The van der Waals surface area contributed by atoms with Crippen LogP contribution in [0.25, 0.3) is 0 Å². The molecule has 0 fully saturated rings. The Balaban J connectivity index is 4.61. The van der Waals surface area contributed by atoms with Crippen LogP contribution in [0, 0.1) is 0 Å². The highest BCUT2D eigenvalue weighted by Gasteiger charge is 2.06. The Morgan fingerprint density at radius 3 is 2.56 bits per heavy atom. The van der Waals surface area contributed by atoms with E-state index >= 15 is 0 Å². The third-order valence-corrected chi connectivity index (χ3v) is 2.20. The zero-order chi connectivity index (χ0) is 12.4. The molecule has 0 aromatic heterocycles. The van der Waals surface area contributed by atoms with E-state index in [0.717, 1.165) is 18.7 Å². The van der Waals surface area contributed by atoms with Gasteiger partial charge in [-0.1, -0.05) is 20.1 Å². The van der Waals surface area contributed by atoms with Gasteiger partial charge >= 0.3 is 0 Å². The number of ether oxygens (including phenoxy) is 1. The predicted octanol–water partition coefficient (Wildman–Crippen LogP) is 3.29. The summed E-state index contributed by atoms with van der Waals surface area (Å²) in [7, 11) is 1.57. The summed E-state index contributed by atoms with van der Waals surface area (Å²) >= 11 is 0. The van der Waals surface area contributed by atoms with Gasteiger partial charge in [0.15, 0.2) is 0 Å². The van der Waals surface area contributed by atoms with Gasteiger partial charge in [-0.15, -0.1) is 0 Å². The van der Waals surface area contributed by atoms with Crippen molar-refractivity contribution in [3.8, 4) is 0 Å². The molecule has 0 atom stereocenters. The number of alkyl halides is 1. The summed E-state index contributed by atoms with van der Waals surface area (Å²) < 4.78 is 17.2. The normalized spacial score (nSPS) is 11.1. The molecule has 0 unspecified atom stereocenters. The van der Waals surface area contributed by atoms with Crippen LogP contribution in [-0.4, -0.2) is 31.8 Å². The van der Waals surface area contributed by atoms with E-state index in [-0.39, 0.29) is 6.67 Å². The number of allylic oxidation sites excluding steroid dienone is 2. The summed E-state index contributed by atoms with van der Waals surface area (Å²) in [4.78, 5) is 2.09. The fourth-order valence-corrected chi connectivity index (χ4v) is 1.39. The third kappa shape index (κ3) is 5.59. The highest BCUT2D eigenvalue weighted by molar-refractivity contribution is 5.23. The third-order valence-electron chi connectivity index (χ3n) is 2.20. The van der Waals surface area contributed by atoms with E-state index in [2.05, 4.69) is 25.0 Å². The molecule has 0 radical (unpaired) electrons. The summed E-state index contributed by atoms with van der Waals surface area (Å²) in [5.41, 5.74) is 0.933. The van der Waals surface area contributed by atoms with Gasteiger partial charge in [0.2, 0.25) is 0 Å². The molecule has 0 saturated carbocycles. The molecule has 0 amide bonds. The van der Waals surface area contributed by atoms with Crippen molar-refractivity contribution < 1.29 is 9.13 Å². The number of halogens is 1. The quantitative estimate of drug-likeness (QED) is 0.442. The van der Waals surface area contributed by atoms with E-state index in [1.54, 1.807) is 13.2 Å². The van der Waals surface area contributed by atoms with Crippen LogP contribution >= 0.6 is 0 Å². The summed E-state index contributed by atoms with van der Waals surface area (Å²) in [6.45, 7) is 10.9. The average molecular weight is 227 g/mol. The highest BCUT2D eigenvalue weighted by Crippen LogP contribution is 2.11. The second-order valence-electron chi connectivity index (χ2n) is 3.47. The topological polar surface area (TPSA) is 12.5 Å². The summed E-state index contributed by atoms with van der Waals surface area (Å²) in [5, 5.41) is 0. The zero-order valence-electron chi connectivity index (χ0n) is 10.3. The maximum Gasteiger partial charge on any atom is 0.113 e. The lowest BCUT2D eigenvalue weighted by Gasteiger charge is -2.25. The molecule has 0 aliphatic rings. The number of nitrogens with zero attached hydrogens (tertiary/aromatic N) is 1. The lowest BCUT2D eigenvalue weighted by atomic mass is 10.2. The number of hydrogen-bond donors (Lipinski definition) is 0. The number of methoxy groups -OCH3 is 1. The lowest BCUT2D eigenvalue weighted by Crippen LogP contribution is -2.24. The van der Waals surface area contributed by atoms with Gasteiger partial charge in [0.25, 0.3) is 0 Å². The molecule has 0 aliphatic heterocycles. The fraction of sp³-hybridized carbons (Fsp3) is 0.538. The van der Waals surface area contributed by atoms with Crippen LogP contribution in [-0.2, 0) is 4.74 Å². The first kappa shape index (κ1) is 14.8.